The molecule has 2 atom stereocenters. The first-order valence-corrected chi connectivity index (χ1v) is 6.06. The fourth-order valence-corrected chi connectivity index (χ4v) is 1.95. The standard InChI is InChI=1S/C12H22O3/c1-10(13)6-4-2-3-5-7-11-8-9-12(14)15-11/h10-11,13H,2-9H2,1H3/t10-,11+/m1/s1. The number of esters is 1. The van der Waals surface area contributed by atoms with Crippen LogP contribution in [-0.4, -0.2) is 23.3 Å². The van der Waals surface area contributed by atoms with Crippen LogP contribution in [0.2, 0.25) is 0 Å². The minimum atomic E-state index is -0.166. The van der Waals surface area contributed by atoms with E-state index >= 15 is 0 Å². The molecular weight excluding hydrogens is 192 g/mol. The summed E-state index contributed by atoms with van der Waals surface area (Å²) in [5.74, 6) is -0.0332. The highest BCUT2D eigenvalue weighted by Gasteiger charge is 2.22. The Kier molecular flexibility index (Phi) is 5.69. The molecule has 1 fully saturated rings. The SMILES string of the molecule is C[C@@H](O)CCCCCC[C@H]1CCC(=O)O1. The van der Waals surface area contributed by atoms with Gasteiger partial charge >= 0.3 is 5.97 Å². The van der Waals surface area contributed by atoms with Gasteiger partial charge in [-0.25, -0.2) is 0 Å². The van der Waals surface area contributed by atoms with Crippen molar-refractivity contribution >= 4 is 5.97 Å². The van der Waals surface area contributed by atoms with Gasteiger partial charge in [0.2, 0.25) is 0 Å². The third-order valence-corrected chi connectivity index (χ3v) is 2.87. The monoisotopic (exact) mass is 214 g/mol. The molecule has 0 unspecified atom stereocenters. The van der Waals surface area contributed by atoms with E-state index in [4.69, 9.17) is 9.84 Å². The Bertz CT molecular complexity index is 189. The number of cyclic esters (lactones) is 1. The van der Waals surface area contributed by atoms with E-state index < -0.39 is 0 Å². The number of hydrogen-bond donors (Lipinski definition) is 1. The zero-order valence-corrected chi connectivity index (χ0v) is 9.58. The highest BCUT2D eigenvalue weighted by atomic mass is 16.5. The van der Waals surface area contributed by atoms with Gasteiger partial charge in [0, 0.05) is 6.42 Å². The Morgan fingerprint density at radius 2 is 2.13 bits per heavy atom. The summed E-state index contributed by atoms with van der Waals surface area (Å²) in [6.07, 6.45) is 8.04. The van der Waals surface area contributed by atoms with Gasteiger partial charge in [-0.05, 0) is 32.6 Å². The number of unbranched alkanes of at least 4 members (excludes halogenated alkanes) is 3. The molecule has 0 aromatic rings. The molecular formula is C12H22O3. The number of carbonyl (C=O) groups is 1. The van der Waals surface area contributed by atoms with Gasteiger partial charge < -0.3 is 9.84 Å². The van der Waals surface area contributed by atoms with Crippen molar-refractivity contribution in [3.63, 3.8) is 0 Å². The highest BCUT2D eigenvalue weighted by molar-refractivity contribution is 5.71. The molecule has 0 spiro atoms. The fourth-order valence-electron chi connectivity index (χ4n) is 1.95. The van der Waals surface area contributed by atoms with Crippen LogP contribution < -0.4 is 0 Å². The van der Waals surface area contributed by atoms with Crippen molar-refractivity contribution in [2.45, 2.75) is 70.5 Å². The van der Waals surface area contributed by atoms with Crippen molar-refractivity contribution in [3.05, 3.63) is 0 Å². The molecule has 0 aliphatic carbocycles. The maximum absolute atomic E-state index is 10.8. The second kappa shape index (κ2) is 6.83. The van der Waals surface area contributed by atoms with Crippen LogP contribution in [0.1, 0.15) is 58.3 Å². The predicted molar refractivity (Wildman–Crippen MR) is 58.5 cm³/mol. The normalized spacial score (nSPS) is 22.8. The average molecular weight is 214 g/mol. The van der Waals surface area contributed by atoms with E-state index in [1.807, 2.05) is 6.92 Å². The Labute approximate surface area is 91.8 Å². The van der Waals surface area contributed by atoms with Crippen LogP contribution in [0, 0.1) is 0 Å². The number of ether oxygens (including phenoxy) is 1. The molecule has 1 rings (SSSR count). The molecule has 1 aliphatic rings. The van der Waals surface area contributed by atoms with Crippen LogP contribution in [0.25, 0.3) is 0 Å². The first kappa shape index (κ1) is 12.5. The topological polar surface area (TPSA) is 46.5 Å². The van der Waals surface area contributed by atoms with E-state index in [2.05, 4.69) is 0 Å². The number of hydrogen-bond acceptors (Lipinski definition) is 3. The van der Waals surface area contributed by atoms with Crippen LogP contribution in [0.3, 0.4) is 0 Å². The van der Waals surface area contributed by atoms with Gasteiger partial charge in [0.15, 0.2) is 0 Å². The number of rotatable bonds is 7. The molecule has 1 aliphatic heterocycles. The predicted octanol–water partition coefficient (Wildman–Crippen LogP) is 2.41. The largest absolute Gasteiger partial charge is 0.462 e. The van der Waals surface area contributed by atoms with Gasteiger partial charge in [-0.2, -0.15) is 0 Å². The van der Waals surface area contributed by atoms with Crippen molar-refractivity contribution in [2.24, 2.45) is 0 Å². The molecule has 0 radical (unpaired) electrons. The summed E-state index contributed by atoms with van der Waals surface area (Å²) in [5, 5.41) is 9.05. The Hall–Kier alpha value is -0.570. The minimum Gasteiger partial charge on any atom is -0.462 e. The summed E-state index contributed by atoms with van der Waals surface area (Å²) in [4.78, 5) is 10.8. The van der Waals surface area contributed by atoms with Crippen molar-refractivity contribution in [1.29, 1.82) is 0 Å². The maximum Gasteiger partial charge on any atom is 0.306 e. The molecule has 1 N–H and O–H groups in total. The van der Waals surface area contributed by atoms with E-state index in [9.17, 15) is 4.79 Å². The quantitative estimate of drug-likeness (QED) is 0.523. The molecule has 1 saturated heterocycles. The molecule has 0 aromatic carbocycles. The lowest BCUT2D eigenvalue weighted by molar-refractivity contribution is -0.141. The van der Waals surface area contributed by atoms with Gasteiger partial charge in [0.25, 0.3) is 0 Å². The van der Waals surface area contributed by atoms with Crippen molar-refractivity contribution < 1.29 is 14.6 Å². The first-order valence-electron chi connectivity index (χ1n) is 6.06. The van der Waals surface area contributed by atoms with Crippen molar-refractivity contribution in [2.75, 3.05) is 0 Å². The van der Waals surface area contributed by atoms with E-state index in [0.717, 1.165) is 32.1 Å². The van der Waals surface area contributed by atoms with Gasteiger partial charge in [-0.1, -0.05) is 19.3 Å². The van der Waals surface area contributed by atoms with Gasteiger partial charge in [-0.3, -0.25) is 4.79 Å². The summed E-state index contributed by atoms with van der Waals surface area (Å²) in [6.45, 7) is 1.83. The van der Waals surface area contributed by atoms with Crippen LogP contribution in [0.5, 0.6) is 0 Å². The van der Waals surface area contributed by atoms with Crippen LogP contribution in [-0.2, 0) is 9.53 Å². The molecule has 0 aromatic heterocycles. The van der Waals surface area contributed by atoms with Crippen molar-refractivity contribution in [3.8, 4) is 0 Å². The summed E-state index contributed by atoms with van der Waals surface area (Å²) >= 11 is 0. The molecule has 15 heavy (non-hydrogen) atoms. The maximum atomic E-state index is 10.8. The number of aliphatic hydroxyl groups is 1. The van der Waals surface area contributed by atoms with Crippen LogP contribution in [0.4, 0.5) is 0 Å². The zero-order valence-electron chi connectivity index (χ0n) is 9.58. The van der Waals surface area contributed by atoms with Crippen LogP contribution >= 0.6 is 0 Å². The number of aliphatic hydroxyl groups excluding tert-OH is 1. The lowest BCUT2D eigenvalue weighted by Crippen LogP contribution is -2.06. The van der Waals surface area contributed by atoms with E-state index in [1.165, 1.54) is 12.8 Å². The molecule has 88 valence electrons. The van der Waals surface area contributed by atoms with E-state index in [0.29, 0.717) is 6.42 Å². The molecule has 3 nitrogen and oxygen atoms in total. The summed E-state index contributed by atoms with van der Waals surface area (Å²) in [7, 11) is 0. The third-order valence-electron chi connectivity index (χ3n) is 2.87. The highest BCUT2D eigenvalue weighted by Crippen LogP contribution is 2.19. The zero-order chi connectivity index (χ0) is 11.1. The number of carbonyl (C=O) groups excluding carboxylic acids is 1. The second-order valence-corrected chi connectivity index (χ2v) is 4.49. The lowest BCUT2D eigenvalue weighted by atomic mass is 10.1. The van der Waals surface area contributed by atoms with Gasteiger partial charge in [-0.15, -0.1) is 0 Å². The van der Waals surface area contributed by atoms with Crippen LogP contribution in [0.15, 0.2) is 0 Å². The molecule has 0 amide bonds. The Balaban J connectivity index is 1.87. The van der Waals surface area contributed by atoms with Crippen molar-refractivity contribution in [1.82, 2.24) is 0 Å². The molecule has 0 saturated carbocycles. The Morgan fingerprint density at radius 3 is 2.73 bits per heavy atom. The van der Waals surface area contributed by atoms with E-state index in [-0.39, 0.29) is 18.2 Å². The summed E-state index contributed by atoms with van der Waals surface area (Å²) < 4.78 is 5.13. The van der Waals surface area contributed by atoms with Gasteiger partial charge in [0.05, 0.1) is 6.10 Å². The smallest absolute Gasteiger partial charge is 0.306 e. The fraction of sp³-hybridized carbons (Fsp3) is 0.917. The molecule has 1 heterocycles. The third kappa shape index (κ3) is 5.78. The molecule has 3 heteroatoms. The summed E-state index contributed by atoms with van der Waals surface area (Å²) in [5.41, 5.74) is 0. The minimum absolute atomic E-state index is 0.0332. The van der Waals surface area contributed by atoms with E-state index in [1.54, 1.807) is 0 Å². The second-order valence-electron chi connectivity index (χ2n) is 4.49. The average Bonchev–Trinajstić information content (AvgIpc) is 2.57. The first-order chi connectivity index (χ1) is 7.18. The van der Waals surface area contributed by atoms with Gasteiger partial charge in [0.1, 0.15) is 6.10 Å². The Morgan fingerprint density at radius 1 is 1.40 bits per heavy atom. The lowest BCUT2D eigenvalue weighted by Gasteiger charge is -2.08. The molecule has 0 bridgehead atoms. The summed E-state index contributed by atoms with van der Waals surface area (Å²) in [6, 6.07) is 0.